The Kier molecular flexibility index (Phi) is 6.86. The van der Waals surface area contributed by atoms with E-state index in [1.54, 1.807) is 24.3 Å². The van der Waals surface area contributed by atoms with Gasteiger partial charge < -0.3 is 21.1 Å². The number of thiophene rings is 1. The van der Waals surface area contributed by atoms with Crippen molar-refractivity contribution in [1.82, 2.24) is 0 Å². The number of aryl methyl sites for hydroxylation is 1. The summed E-state index contributed by atoms with van der Waals surface area (Å²) in [5, 5.41) is 20.6. The second kappa shape index (κ2) is 9.57. The summed E-state index contributed by atoms with van der Waals surface area (Å²) in [4.78, 5) is 47.7. The molecule has 0 saturated carbocycles. The van der Waals surface area contributed by atoms with Crippen LogP contribution in [0, 0.1) is 6.92 Å². The number of anilines is 3. The molecule has 4 N–H and O–H groups in total. The minimum atomic E-state index is -1.15. The zero-order valence-corrected chi connectivity index (χ0v) is 18.0. The lowest BCUT2D eigenvalue weighted by molar-refractivity contribution is -0.137. The van der Waals surface area contributed by atoms with Gasteiger partial charge in [-0.25, -0.2) is 4.79 Å². The van der Waals surface area contributed by atoms with Crippen LogP contribution in [0.15, 0.2) is 45.3 Å². The van der Waals surface area contributed by atoms with E-state index >= 15 is 0 Å². The van der Waals surface area contributed by atoms with Crippen LogP contribution < -0.4 is 26.8 Å². The molecule has 8 nitrogen and oxygen atoms in total. The number of carboxylic acid groups (broad SMARTS) is 1. The molecule has 3 aromatic rings. The number of rotatable bonds is 10. The lowest BCUT2D eigenvalue weighted by atomic mass is 10.0. The van der Waals surface area contributed by atoms with Gasteiger partial charge in [-0.3, -0.25) is 14.4 Å². The van der Waals surface area contributed by atoms with Crippen LogP contribution in [0.2, 0.25) is 0 Å². The summed E-state index contributed by atoms with van der Waals surface area (Å²) in [7, 11) is 0. The van der Waals surface area contributed by atoms with Crippen LogP contribution in [0.5, 0.6) is 0 Å². The summed E-state index contributed by atoms with van der Waals surface area (Å²) >= 11 is 1.44. The normalized spacial score (nSPS) is 11.8. The van der Waals surface area contributed by atoms with Crippen LogP contribution in [-0.2, 0) is 11.2 Å². The fourth-order valence-electron chi connectivity index (χ4n) is 3.03. The maximum atomic E-state index is 12.4. The van der Waals surface area contributed by atoms with Gasteiger partial charge >= 0.3 is 5.97 Å². The number of hydrogen-bond acceptors (Lipinski definition) is 7. The zero-order chi connectivity index (χ0) is 22.5. The van der Waals surface area contributed by atoms with Crippen LogP contribution in [-0.4, -0.2) is 29.6 Å². The van der Waals surface area contributed by atoms with Gasteiger partial charge in [-0.2, -0.15) is 0 Å². The number of carbonyl (C=O) groups is 2. The first kappa shape index (κ1) is 22.2. The highest BCUT2D eigenvalue weighted by atomic mass is 32.1. The predicted octanol–water partition coefficient (Wildman–Crippen LogP) is 2.83. The topological polar surface area (TPSA) is 125 Å². The van der Waals surface area contributed by atoms with Crippen LogP contribution >= 0.6 is 11.3 Å². The molecule has 0 fully saturated rings. The highest BCUT2D eigenvalue weighted by molar-refractivity contribution is 7.14. The molecule has 0 spiro atoms. The van der Waals surface area contributed by atoms with Gasteiger partial charge in [-0.15, -0.1) is 11.3 Å². The summed E-state index contributed by atoms with van der Waals surface area (Å²) in [5.74, 6) is -1.40. The molecule has 1 aromatic heterocycles. The van der Waals surface area contributed by atoms with Crippen molar-refractivity contribution in [1.29, 1.82) is 0 Å². The number of benzene rings is 1. The smallest absolute Gasteiger partial charge is 0.326 e. The number of hydrogen-bond donors (Lipinski definition) is 4. The van der Waals surface area contributed by atoms with Gasteiger partial charge in [-0.05, 0) is 48.1 Å². The van der Waals surface area contributed by atoms with Crippen molar-refractivity contribution in [3.8, 4) is 0 Å². The van der Waals surface area contributed by atoms with Gasteiger partial charge in [0.1, 0.15) is 17.4 Å². The lowest BCUT2D eigenvalue weighted by Crippen LogP contribution is -2.42. The first-order chi connectivity index (χ1) is 14.8. The summed E-state index contributed by atoms with van der Waals surface area (Å²) in [6.45, 7) is 4.33. The summed E-state index contributed by atoms with van der Waals surface area (Å²) < 4.78 is 0. The number of carboxylic acids is 1. The van der Waals surface area contributed by atoms with Crippen LogP contribution in [0.1, 0.15) is 34.8 Å². The SMILES string of the molecule is CCCNc1c(N[C@@H](Cc2ccc(C(=O)Nc3sccc3C)cc2)C(=O)O)c(=O)c1=O. The minimum Gasteiger partial charge on any atom is -0.480 e. The molecule has 0 aliphatic rings. The van der Waals surface area contributed by atoms with Crippen molar-refractivity contribution in [3.05, 3.63) is 72.8 Å². The maximum Gasteiger partial charge on any atom is 0.326 e. The largest absolute Gasteiger partial charge is 0.480 e. The number of aliphatic carboxylic acids is 1. The molecule has 0 saturated heterocycles. The van der Waals surface area contributed by atoms with Crippen LogP contribution in [0.3, 0.4) is 0 Å². The first-order valence-corrected chi connectivity index (χ1v) is 10.7. The number of amides is 1. The molecule has 1 atom stereocenters. The quantitative estimate of drug-likeness (QED) is 0.357. The first-order valence-electron chi connectivity index (χ1n) is 9.82. The van der Waals surface area contributed by atoms with Crippen molar-refractivity contribution < 1.29 is 14.7 Å². The molecule has 2 aromatic carbocycles. The van der Waals surface area contributed by atoms with Crippen LogP contribution in [0.4, 0.5) is 16.4 Å². The second-order valence-corrected chi connectivity index (χ2v) is 8.07. The Hall–Kier alpha value is -3.46. The van der Waals surface area contributed by atoms with E-state index in [0.29, 0.717) is 17.7 Å². The molecule has 1 heterocycles. The third-order valence-corrected chi connectivity index (χ3v) is 5.76. The fraction of sp³-hybridized carbons (Fsp3) is 0.273. The fourth-order valence-corrected chi connectivity index (χ4v) is 3.84. The van der Waals surface area contributed by atoms with Crippen molar-refractivity contribution >= 4 is 39.6 Å². The molecule has 162 valence electrons. The molecular weight excluding hydrogens is 418 g/mol. The number of nitrogens with one attached hydrogen (secondary N) is 3. The van der Waals surface area contributed by atoms with Gasteiger partial charge in [0.25, 0.3) is 16.8 Å². The van der Waals surface area contributed by atoms with E-state index in [-0.39, 0.29) is 23.7 Å². The summed E-state index contributed by atoms with van der Waals surface area (Å²) in [6, 6.07) is 7.41. The van der Waals surface area contributed by atoms with Gasteiger partial charge in [0, 0.05) is 18.5 Å². The average Bonchev–Trinajstić information content (AvgIpc) is 3.16. The van der Waals surface area contributed by atoms with Crippen molar-refractivity contribution in [2.45, 2.75) is 32.7 Å². The molecular formula is C22H23N3O5S. The van der Waals surface area contributed by atoms with E-state index in [1.807, 2.05) is 25.3 Å². The molecule has 31 heavy (non-hydrogen) atoms. The highest BCUT2D eigenvalue weighted by Crippen LogP contribution is 2.23. The molecule has 0 aliphatic heterocycles. The molecule has 0 aliphatic carbocycles. The van der Waals surface area contributed by atoms with Crippen LogP contribution in [0.25, 0.3) is 0 Å². The Morgan fingerprint density at radius 2 is 1.74 bits per heavy atom. The molecule has 0 radical (unpaired) electrons. The number of carbonyl (C=O) groups excluding carboxylic acids is 1. The molecule has 0 unspecified atom stereocenters. The van der Waals surface area contributed by atoms with Crippen molar-refractivity contribution in [2.24, 2.45) is 0 Å². The maximum absolute atomic E-state index is 12.4. The Bertz CT molecular complexity index is 1160. The Labute approximate surface area is 182 Å². The summed E-state index contributed by atoms with van der Waals surface area (Å²) in [6.07, 6.45) is 0.833. The Morgan fingerprint density at radius 1 is 1.06 bits per heavy atom. The lowest BCUT2D eigenvalue weighted by Gasteiger charge is -2.19. The van der Waals surface area contributed by atoms with E-state index in [9.17, 15) is 24.3 Å². The monoisotopic (exact) mass is 441 g/mol. The molecule has 0 bridgehead atoms. The van der Waals surface area contributed by atoms with Gasteiger partial charge in [0.2, 0.25) is 0 Å². The van der Waals surface area contributed by atoms with Gasteiger partial charge in [-0.1, -0.05) is 19.1 Å². The third kappa shape index (κ3) is 5.00. The van der Waals surface area contributed by atoms with E-state index in [1.165, 1.54) is 11.3 Å². The summed E-state index contributed by atoms with van der Waals surface area (Å²) in [5.41, 5.74) is 0.881. The van der Waals surface area contributed by atoms with E-state index in [4.69, 9.17) is 0 Å². The van der Waals surface area contributed by atoms with E-state index in [0.717, 1.165) is 17.0 Å². The Morgan fingerprint density at radius 3 is 2.32 bits per heavy atom. The van der Waals surface area contributed by atoms with Gasteiger partial charge in [0.15, 0.2) is 0 Å². The van der Waals surface area contributed by atoms with Crippen molar-refractivity contribution in [2.75, 3.05) is 22.5 Å². The van der Waals surface area contributed by atoms with E-state index in [2.05, 4.69) is 16.0 Å². The van der Waals surface area contributed by atoms with E-state index < -0.39 is 22.9 Å². The molecule has 3 rings (SSSR count). The van der Waals surface area contributed by atoms with Crippen molar-refractivity contribution in [3.63, 3.8) is 0 Å². The molecule has 1 amide bonds. The zero-order valence-electron chi connectivity index (χ0n) is 17.2. The minimum absolute atomic E-state index is 0.00756. The standard InChI is InChI=1S/C22H23N3O5S/c1-3-9-23-16-17(19(27)18(16)26)24-15(22(29)30)11-13-4-6-14(7-5-13)20(28)25-21-12(2)8-10-31-21/h4-8,10,15,23-24H,3,9,11H2,1-2H3,(H,25,28)(H,29,30)/t15-/m0/s1. The average molecular weight is 442 g/mol. The third-order valence-electron chi connectivity index (χ3n) is 4.82. The van der Waals surface area contributed by atoms with Gasteiger partial charge in [0.05, 0.1) is 5.00 Å². The molecule has 9 heteroatoms. The second-order valence-electron chi connectivity index (χ2n) is 7.16. The Balaban J connectivity index is 1.68. The predicted molar refractivity (Wildman–Crippen MR) is 122 cm³/mol. The highest BCUT2D eigenvalue weighted by Gasteiger charge is 2.26.